The van der Waals surface area contributed by atoms with Gasteiger partial charge in [0.15, 0.2) is 0 Å². The molecular weight excluding hydrogens is 186 g/mol. The molecule has 0 spiro atoms. The van der Waals surface area contributed by atoms with Crippen LogP contribution in [0.4, 0.5) is 0 Å². The molecule has 0 amide bonds. The molecule has 1 fully saturated rings. The standard InChI is InChI=1S/C12H21N3/c1-13-9-11-5-3-4-10(11)8-12-6-7-15(2)14-12/h6-7,10-11,13H,3-5,8-9H2,1-2H3. The maximum atomic E-state index is 4.46. The Hall–Kier alpha value is -0.830. The van der Waals surface area contributed by atoms with Gasteiger partial charge in [0.25, 0.3) is 0 Å². The lowest BCUT2D eigenvalue weighted by Gasteiger charge is -2.17. The zero-order valence-corrected chi connectivity index (χ0v) is 9.74. The number of rotatable bonds is 4. The summed E-state index contributed by atoms with van der Waals surface area (Å²) >= 11 is 0. The van der Waals surface area contributed by atoms with E-state index in [1.165, 1.54) is 25.0 Å². The molecule has 2 atom stereocenters. The number of nitrogens with one attached hydrogen (secondary N) is 1. The molecule has 0 bridgehead atoms. The van der Waals surface area contributed by atoms with E-state index in [0.29, 0.717) is 0 Å². The molecule has 3 nitrogen and oxygen atoms in total. The molecule has 3 heteroatoms. The Balaban J connectivity index is 1.93. The third-order valence-electron chi connectivity index (χ3n) is 3.52. The van der Waals surface area contributed by atoms with E-state index in [0.717, 1.165) is 24.8 Å². The van der Waals surface area contributed by atoms with E-state index in [1.807, 2.05) is 17.9 Å². The highest BCUT2D eigenvalue weighted by Crippen LogP contribution is 2.33. The molecule has 0 aliphatic heterocycles. The Morgan fingerprint density at radius 3 is 2.93 bits per heavy atom. The summed E-state index contributed by atoms with van der Waals surface area (Å²) in [6.45, 7) is 1.16. The number of hydrogen-bond donors (Lipinski definition) is 1. The van der Waals surface area contributed by atoms with Crippen molar-refractivity contribution in [3.63, 3.8) is 0 Å². The molecule has 1 saturated carbocycles. The second kappa shape index (κ2) is 4.79. The van der Waals surface area contributed by atoms with Crippen LogP contribution in [-0.2, 0) is 13.5 Å². The minimum Gasteiger partial charge on any atom is -0.319 e. The molecule has 0 saturated heterocycles. The van der Waals surface area contributed by atoms with Crippen LogP contribution < -0.4 is 5.32 Å². The van der Waals surface area contributed by atoms with Gasteiger partial charge in [-0.15, -0.1) is 0 Å². The predicted octanol–water partition coefficient (Wildman–Crippen LogP) is 1.60. The molecule has 84 valence electrons. The highest BCUT2D eigenvalue weighted by molar-refractivity contribution is 5.01. The molecule has 1 aromatic heterocycles. The first-order valence-electron chi connectivity index (χ1n) is 5.92. The van der Waals surface area contributed by atoms with Gasteiger partial charge >= 0.3 is 0 Å². The lowest BCUT2D eigenvalue weighted by molar-refractivity contribution is 0.371. The number of nitrogens with zero attached hydrogens (tertiary/aromatic N) is 2. The van der Waals surface area contributed by atoms with Gasteiger partial charge in [-0.1, -0.05) is 6.42 Å². The Kier molecular flexibility index (Phi) is 3.41. The summed E-state index contributed by atoms with van der Waals surface area (Å²) in [5.41, 5.74) is 1.26. The van der Waals surface area contributed by atoms with Gasteiger partial charge in [0.05, 0.1) is 5.69 Å². The average Bonchev–Trinajstić information content (AvgIpc) is 2.78. The van der Waals surface area contributed by atoms with E-state index >= 15 is 0 Å². The smallest absolute Gasteiger partial charge is 0.0627 e. The largest absolute Gasteiger partial charge is 0.319 e. The van der Waals surface area contributed by atoms with E-state index < -0.39 is 0 Å². The molecular formula is C12H21N3. The summed E-state index contributed by atoms with van der Waals surface area (Å²) in [5, 5.41) is 7.77. The molecule has 15 heavy (non-hydrogen) atoms. The summed E-state index contributed by atoms with van der Waals surface area (Å²) in [6, 6.07) is 2.15. The van der Waals surface area contributed by atoms with Crippen molar-refractivity contribution in [3.8, 4) is 0 Å². The fourth-order valence-corrected chi connectivity index (χ4v) is 2.75. The highest BCUT2D eigenvalue weighted by Gasteiger charge is 2.27. The molecule has 0 aromatic carbocycles. The predicted molar refractivity (Wildman–Crippen MR) is 61.7 cm³/mol. The van der Waals surface area contributed by atoms with Crippen molar-refractivity contribution < 1.29 is 0 Å². The van der Waals surface area contributed by atoms with Crippen LogP contribution in [0.3, 0.4) is 0 Å². The van der Waals surface area contributed by atoms with Crippen LogP contribution in [0.2, 0.25) is 0 Å². The highest BCUT2D eigenvalue weighted by atomic mass is 15.2. The van der Waals surface area contributed by atoms with Crippen LogP contribution in [0.25, 0.3) is 0 Å². The number of aromatic nitrogens is 2. The zero-order valence-electron chi connectivity index (χ0n) is 9.74. The molecule has 1 aromatic rings. The normalized spacial score (nSPS) is 26.0. The van der Waals surface area contributed by atoms with Crippen LogP contribution >= 0.6 is 0 Å². The van der Waals surface area contributed by atoms with Gasteiger partial charge in [-0.05, 0) is 50.8 Å². The monoisotopic (exact) mass is 207 g/mol. The second-order valence-corrected chi connectivity index (χ2v) is 4.69. The van der Waals surface area contributed by atoms with Crippen molar-refractivity contribution in [3.05, 3.63) is 18.0 Å². The molecule has 1 heterocycles. The lowest BCUT2D eigenvalue weighted by Crippen LogP contribution is -2.23. The molecule has 1 aliphatic carbocycles. The summed E-state index contributed by atoms with van der Waals surface area (Å²) in [7, 11) is 4.04. The van der Waals surface area contributed by atoms with E-state index in [-0.39, 0.29) is 0 Å². The fourth-order valence-electron chi connectivity index (χ4n) is 2.75. The van der Waals surface area contributed by atoms with Gasteiger partial charge in [-0.3, -0.25) is 4.68 Å². The minimum atomic E-state index is 0.840. The van der Waals surface area contributed by atoms with Crippen molar-refractivity contribution in [2.75, 3.05) is 13.6 Å². The molecule has 2 rings (SSSR count). The van der Waals surface area contributed by atoms with Gasteiger partial charge in [0, 0.05) is 13.2 Å². The molecule has 1 N–H and O–H groups in total. The first-order chi connectivity index (χ1) is 7.29. The van der Waals surface area contributed by atoms with Crippen molar-refractivity contribution in [2.45, 2.75) is 25.7 Å². The van der Waals surface area contributed by atoms with Crippen LogP contribution in [0.1, 0.15) is 25.0 Å². The average molecular weight is 207 g/mol. The van der Waals surface area contributed by atoms with E-state index in [1.54, 1.807) is 0 Å². The van der Waals surface area contributed by atoms with Crippen LogP contribution in [0, 0.1) is 11.8 Å². The Bertz CT molecular complexity index is 306. The summed E-state index contributed by atoms with van der Waals surface area (Å²) in [6.07, 6.45) is 7.36. The zero-order chi connectivity index (χ0) is 10.7. The topological polar surface area (TPSA) is 29.9 Å². The summed E-state index contributed by atoms with van der Waals surface area (Å²) in [5.74, 6) is 1.70. The fraction of sp³-hybridized carbons (Fsp3) is 0.750. The van der Waals surface area contributed by atoms with Crippen molar-refractivity contribution >= 4 is 0 Å². The third kappa shape index (κ3) is 2.59. The molecule has 0 radical (unpaired) electrons. The van der Waals surface area contributed by atoms with Gasteiger partial charge < -0.3 is 5.32 Å². The summed E-state index contributed by atoms with van der Waals surface area (Å²) in [4.78, 5) is 0. The van der Waals surface area contributed by atoms with E-state index in [9.17, 15) is 0 Å². The minimum absolute atomic E-state index is 0.840. The van der Waals surface area contributed by atoms with E-state index in [4.69, 9.17) is 0 Å². The van der Waals surface area contributed by atoms with Crippen molar-refractivity contribution in [1.29, 1.82) is 0 Å². The van der Waals surface area contributed by atoms with Crippen LogP contribution in [0.15, 0.2) is 12.3 Å². The van der Waals surface area contributed by atoms with Gasteiger partial charge in [0.2, 0.25) is 0 Å². The Morgan fingerprint density at radius 1 is 1.47 bits per heavy atom. The maximum absolute atomic E-state index is 4.46. The van der Waals surface area contributed by atoms with Crippen LogP contribution in [-0.4, -0.2) is 23.4 Å². The second-order valence-electron chi connectivity index (χ2n) is 4.69. The van der Waals surface area contributed by atoms with Crippen LogP contribution in [0.5, 0.6) is 0 Å². The van der Waals surface area contributed by atoms with Crippen molar-refractivity contribution in [1.82, 2.24) is 15.1 Å². The molecule has 2 unspecified atom stereocenters. The van der Waals surface area contributed by atoms with Crippen molar-refractivity contribution in [2.24, 2.45) is 18.9 Å². The maximum Gasteiger partial charge on any atom is 0.0627 e. The number of hydrogen-bond acceptors (Lipinski definition) is 2. The van der Waals surface area contributed by atoms with Gasteiger partial charge in [0.1, 0.15) is 0 Å². The third-order valence-corrected chi connectivity index (χ3v) is 3.52. The first-order valence-corrected chi connectivity index (χ1v) is 5.92. The van der Waals surface area contributed by atoms with E-state index in [2.05, 4.69) is 23.5 Å². The number of aryl methyl sites for hydroxylation is 1. The molecule has 1 aliphatic rings. The van der Waals surface area contributed by atoms with Gasteiger partial charge in [-0.2, -0.15) is 5.10 Å². The quantitative estimate of drug-likeness (QED) is 0.812. The lowest BCUT2D eigenvalue weighted by atomic mass is 9.91. The Morgan fingerprint density at radius 2 is 2.27 bits per heavy atom. The van der Waals surface area contributed by atoms with Gasteiger partial charge in [-0.25, -0.2) is 0 Å². The Labute approximate surface area is 91.9 Å². The SMILES string of the molecule is CNCC1CCCC1Cc1ccn(C)n1. The summed E-state index contributed by atoms with van der Waals surface area (Å²) < 4.78 is 1.90. The first kappa shape index (κ1) is 10.7.